The number of para-hydroxylation sites is 1. The van der Waals surface area contributed by atoms with Gasteiger partial charge in [-0.25, -0.2) is 0 Å². The van der Waals surface area contributed by atoms with Gasteiger partial charge in [0.2, 0.25) is 47.3 Å². The molecule has 0 spiro atoms. The van der Waals surface area contributed by atoms with Crippen LogP contribution in [0.15, 0.2) is 91.1 Å². The Bertz CT molecular complexity index is 2500. The normalized spacial score (nSPS) is 14.4. The Morgan fingerprint density at radius 2 is 0.986 bits per heavy atom. The summed E-state index contributed by atoms with van der Waals surface area (Å²) in [7, 11) is 0. The number of nitrogens with one attached hydrogen (secondary N) is 9. The van der Waals surface area contributed by atoms with Crippen molar-refractivity contribution in [2.24, 2.45) is 11.7 Å². The number of hydrogen-bond acceptors (Lipinski definition) is 11. The van der Waals surface area contributed by atoms with Crippen LogP contribution in [0, 0.1) is 5.92 Å². The zero-order valence-corrected chi connectivity index (χ0v) is 41.9. The lowest BCUT2D eigenvalue weighted by atomic mass is 10.0. The monoisotopic (exact) mass is 1010 g/mol. The molecule has 4 aromatic rings. The van der Waals surface area contributed by atoms with Gasteiger partial charge in [0.1, 0.15) is 42.3 Å². The van der Waals surface area contributed by atoms with Crippen molar-refractivity contribution >= 4 is 64.1 Å². The van der Waals surface area contributed by atoms with Crippen LogP contribution in [0.2, 0.25) is 0 Å². The molecule has 8 amide bonds. The fraction of sp³-hybridized carbons (Fsp3) is 0.442. The first-order chi connectivity index (χ1) is 34.8. The second-order valence-corrected chi connectivity index (χ2v) is 18.3. The summed E-state index contributed by atoms with van der Waals surface area (Å²) in [4.78, 5) is 124. The molecule has 0 aliphatic rings. The van der Waals surface area contributed by atoms with Crippen LogP contribution in [0.5, 0.6) is 0 Å². The van der Waals surface area contributed by atoms with E-state index in [0.29, 0.717) is 24.0 Å². The first-order valence-electron chi connectivity index (χ1n) is 24.3. The molecule has 394 valence electrons. The van der Waals surface area contributed by atoms with Crippen LogP contribution in [-0.2, 0) is 62.4 Å². The third-order valence-corrected chi connectivity index (χ3v) is 12.0. The molecule has 0 bridgehead atoms. The van der Waals surface area contributed by atoms with Gasteiger partial charge in [0.15, 0.2) is 0 Å². The number of carboxylic acids is 1. The minimum Gasteiger partial charge on any atom is -0.481 e. The molecule has 0 aliphatic carbocycles. The summed E-state index contributed by atoms with van der Waals surface area (Å²) in [6.07, 6.45) is 1.45. The summed E-state index contributed by atoms with van der Waals surface area (Å²) in [6, 6.07) is 15.1. The average Bonchev–Trinajstić information content (AvgIpc) is 3.76. The smallest absolute Gasteiger partial charge is 0.305 e. The topological polar surface area (TPSA) is 332 Å². The number of amides is 8. The van der Waals surface area contributed by atoms with Gasteiger partial charge in [-0.15, -0.1) is 0 Å². The zero-order valence-electron chi connectivity index (χ0n) is 41.9. The van der Waals surface area contributed by atoms with Gasteiger partial charge in [-0.05, 0) is 68.3 Å². The van der Waals surface area contributed by atoms with Crippen LogP contribution in [0.4, 0.5) is 0 Å². The maximum absolute atomic E-state index is 14.6. The standard InChI is InChI=1S/C52H70N10O11/c1-30(2)44(29-63)62-47(68)32(4)56-50(71)43(27-45(65)66)61-48(69)39(22-14-15-23-53)58-52(73)42(26-36-28-54-38-21-13-12-20-37(36)38)60-51(72)41(25-35-18-10-7-11-19-35)59-46(67)31(3)55-49(70)40(57-33(5)64)24-34-16-8-6-9-17-34/h6-13,16-21,28,30-32,39-44,54,63H,14-15,22-27,29,53H2,1-5H3,(H,55,70)(H,56,71)(H,57,64)(H,58,73)(H,59,67)(H,60,72)(H,61,69)(H,62,68)(H,65,66)/t31-,32-,39-,40-,41-,42-,43-,44+/m0/s1. The van der Waals surface area contributed by atoms with Crippen molar-refractivity contribution in [1.29, 1.82) is 0 Å². The van der Waals surface area contributed by atoms with Crippen molar-refractivity contribution in [2.45, 2.75) is 128 Å². The van der Waals surface area contributed by atoms with E-state index in [2.05, 4.69) is 47.5 Å². The molecular formula is C52H70N10O11. The number of carbonyl (C=O) groups is 9. The summed E-state index contributed by atoms with van der Waals surface area (Å²) >= 11 is 0. The first-order valence-corrected chi connectivity index (χ1v) is 24.3. The van der Waals surface area contributed by atoms with Crippen molar-refractivity contribution in [1.82, 2.24) is 47.5 Å². The molecule has 1 aromatic heterocycles. The highest BCUT2D eigenvalue weighted by Gasteiger charge is 2.34. The number of H-pyrrole nitrogens is 1. The highest BCUT2D eigenvalue weighted by atomic mass is 16.4. The Kier molecular flexibility index (Phi) is 23.0. The SMILES string of the molecule is CC(=O)N[C@@H](Cc1ccccc1)C(=O)N[C@@H](C)C(=O)N[C@@H](Cc1ccccc1)C(=O)N[C@@H](Cc1c[nH]c2ccccc12)C(=O)N[C@@H](CCCCN)C(=O)N[C@@H](CC(=O)O)C(=O)N[C@@H](C)C(=O)N[C@H](CO)C(C)C. The molecule has 0 fully saturated rings. The third kappa shape index (κ3) is 18.8. The van der Waals surface area contributed by atoms with Gasteiger partial charge in [-0.2, -0.15) is 0 Å². The molecule has 3 aromatic carbocycles. The van der Waals surface area contributed by atoms with Crippen LogP contribution in [0.25, 0.3) is 10.9 Å². The molecule has 8 atom stereocenters. The molecule has 0 aliphatic heterocycles. The van der Waals surface area contributed by atoms with Crippen LogP contribution >= 0.6 is 0 Å². The average molecular weight is 1010 g/mol. The van der Waals surface area contributed by atoms with Gasteiger partial charge >= 0.3 is 5.97 Å². The van der Waals surface area contributed by atoms with Crippen LogP contribution < -0.4 is 48.3 Å². The second kappa shape index (κ2) is 29.0. The predicted octanol–water partition coefficient (Wildman–Crippen LogP) is 0.386. The van der Waals surface area contributed by atoms with E-state index >= 15 is 0 Å². The lowest BCUT2D eigenvalue weighted by Crippen LogP contribution is -2.60. The van der Waals surface area contributed by atoms with Crippen molar-refractivity contribution in [3.8, 4) is 0 Å². The van der Waals surface area contributed by atoms with E-state index < -0.39 is 108 Å². The molecule has 4 rings (SSSR count). The number of unbranched alkanes of at least 4 members (excludes halogenated alkanes) is 1. The van der Waals surface area contributed by atoms with Crippen molar-refractivity contribution < 1.29 is 53.4 Å². The molecule has 0 unspecified atom stereocenters. The summed E-state index contributed by atoms with van der Waals surface area (Å²) in [6.45, 7) is 7.47. The minimum absolute atomic E-state index is 0.0229. The first kappa shape index (κ1) is 57.9. The fourth-order valence-corrected chi connectivity index (χ4v) is 7.84. The molecule has 0 saturated heterocycles. The van der Waals surface area contributed by atoms with Crippen molar-refractivity contribution in [2.75, 3.05) is 13.2 Å². The molecule has 21 heteroatoms. The molecule has 0 saturated carbocycles. The fourth-order valence-electron chi connectivity index (χ4n) is 7.84. The van der Waals surface area contributed by atoms with E-state index in [1.807, 2.05) is 24.3 Å². The van der Waals surface area contributed by atoms with Gasteiger partial charge in [-0.3, -0.25) is 43.2 Å². The number of aliphatic hydroxyl groups excluding tert-OH is 1. The van der Waals surface area contributed by atoms with E-state index in [9.17, 15) is 53.4 Å². The summed E-state index contributed by atoms with van der Waals surface area (Å²) in [5.41, 5.74) is 8.52. The Morgan fingerprint density at radius 3 is 1.52 bits per heavy atom. The number of carbonyl (C=O) groups excluding carboxylic acids is 8. The van der Waals surface area contributed by atoms with Gasteiger partial charge in [0.05, 0.1) is 19.1 Å². The van der Waals surface area contributed by atoms with Crippen LogP contribution in [0.3, 0.4) is 0 Å². The number of carboxylic acid groups (broad SMARTS) is 1. The van der Waals surface area contributed by atoms with Crippen LogP contribution in [0.1, 0.15) is 77.0 Å². The molecule has 73 heavy (non-hydrogen) atoms. The minimum atomic E-state index is -1.70. The Labute approximate surface area is 424 Å². The predicted molar refractivity (Wildman–Crippen MR) is 272 cm³/mol. The van der Waals surface area contributed by atoms with E-state index in [4.69, 9.17) is 5.73 Å². The number of aliphatic hydroxyl groups is 1. The number of nitrogens with two attached hydrogens (primary N) is 1. The summed E-state index contributed by atoms with van der Waals surface area (Å²) in [5, 5.41) is 41.1. The lowest BCUT2D eigenvalue weighted by molar-refractivity contribution is -0.141. The van der Waals surface area contributed by atoms with Crippen molar-refractivity contribution in [3.63, 3.8) is 0 Å². The summed E-state index contributed by atoms with van der Waals surface area (Å²) in [5.74, 6) is -7.67. The number of rotatable bonds is 29. The largest absolute Gasteiger partial charge is 0.481 e. The highest BCUT2D eigenvalue weighted by Crippen LogP contribution is 2.20. The van der Waals surface area contributed by atoms with Crippen molar-refractivity contribution in [3.05, 3.63) is 108 Å². The molecule has 13 N–H and O–H groups in total. The third-order valence-electron chi connectivity index (χ3n) is 12.0. The van der Waals surface area contributed by atoms with E-state index in [-0.39, 0.29) is 44.8 Å². The number of fused-ring (bicyclic) bond motifs is 1. The van der Waals surface area contributed by atoms with E-state index in [1.54, 1.807) is 80.7 Å². The molecular weight excluding hydrogens is 941 g/mol. The van der Waals surface area contributed by atoms with Gasteiger partial charge in [0.25, 0.3) is 0 Å². The zero-order chi connectivity index (χ0) is 53.6. The number of hydrogen-bond donors (Lipinski definition) is 12. The lowest BCUT2D eigenvalue weighted by Gasteiger charge is -2.27. The number of aliphatic carboxylic acids is 1. The Balaban J connectivity index is 1.61. The van der Waals surface area contributed by atoms with E-state index in [1.165, 1.54) is 20.8 Å². The van der Waals surface area contributed by atoms with E-state index in [0.717, 1.165) is 16.5 Å². The second-order valence-electron chi connectivity index (χ2n) is 18.3. The van der Waals surface area contributed by atoms with Gasteiger partial charge in [0, 0.05) is 43.3 Å². The number of benzene rings is 3. The highest BCUT2D eigenvalue weighted by molar-refractivity contribution is 5.98. The van der Waals surface area contributed by atoms with Crippen LogP contribution in [-0.4, -0.2) is 130 Å². The Morgan fingerprint density at radius 1 is 0.534 bits per heavy atom. The molecule has 1 heterocycles. The summed E-state index contributed by atoms with van der Waals surface area (Å²) < 4.78 is 0. The van der Waals surface area contributed by atoms with Gasteiger partial charge < -0.3 is 63.5 Å². The Hall–Kier alpha value is -7.65. The quantitative estimate of drug-likeness (QED) is 0.0329. The van der Waals surface area contributed by atoms with Gasteiger partial charge in [-0.1, -0.05) is 92.7 Å². The molecule has 21 nitrogen and oxygen atoms in total. The molecule has 0 radical (unpaired) electrons. The maximum Gasteiger partial charge on any atom is 0.305 e. The maximum atomic E-state index is 14.6. The number of aromatic nitrogens is 1. The number of aromatic amines is 1.